The normalized spacial score (nSPS) is 25.1. The lowest BCUT2D eigenvalue weighted by Crippen LogP contribution is -2.35. The number of rotatable bonds is 1. The molecule has 1 atom stereocenters. The largest absolute Gasteiger partial charge is 0.462 e. The van der Waals surface area contributed by atoms with Gasteiger partial charge in [-0.05, 0) is 42.2 Å². The smallest absolute Gasteiger partial charge is 0.292 e. The van der Waals surface area contributed by atoms with Gasteiger partial charge < -0.3 is 4.74 Å². The number of nitrogens with one attached hydrogen (secondary N) is 1. The number of aliphatic imine (C=N–C) groups is 1. The quantitative estimate of drug-likeness (QED) is 0.815. The Morgan fingerprint density at radius 1 is 1.25 bits per heavy atom. The molecule has 1 N–H and O–H groups in total. The SMILES string of the molecule is [2H]C1([2H])OC(NC(=O)c2ccccc2)=N[C@]12CCc1cccc(Br)c1C2. The van der Waals surface area contributed by atoms with Gasteiger partial charge >= 0.3 is 0 Å². The predicted octanol–water partition coefficient (Wildman–Crippen LogP) is 3.49. The van der Waals surface area contributed by atoms with Gasteiger partial charge in [-0.3, -0.25) is 10.1 Å². The van der Waals surface area contributed by atoms with Gasteiger partial charge in [0.05, 0.1) is 2.74 Å². The van der Waals surface area contributed by atoms with E-state index >= 15 is 0 Å². The molecule has 0 unspecified atom stereocenters. The highest BCUT2D eigenvalue weighted by atomic mass is 79.9. The van der Waals surface area contributed by atoms with E-state index in [1.807, 2.05) is 18.2 Å². The third-order valence-electron chi connectivity index (χ3n) is 4.40. The molecule has 0 saturated heterocycles. The summed E-state index contributed by atoms with van der Waals surface area (Å²) in [5.74, 6) is -0.366. The van der Waals surface area contributed by atoms with E-state index in [1.54, 1.807) is 24.3 Å². The van der Waals surface area contributed by atoms with Gasteiger partial charge in [0.25, 0.3) is 11.9 Å². The molecule has 4 nitrogen and oxygen atoms in total. The summed E-state index contributed by atoms with van der Waals surface area (Å²) < 4.78 is 23.1. The summed E-state index contributed by atoms with van der Waals surface area (Å²) in [5, 5.41) is 2.60. The lowest BCUT2D eigenvalue weighted by Gasteiger charge is -2.30. The van der Waals surface area contributed by atoms with E-state index in [9.17, 15) is 4.79 Å². The summed E-state index contributed by atoms with van der Waals surface area (Å²) in [6.07, 6.45) is 1.65. The van der Waals surface area contributed by atoms with E-state index in [1.165, 1.54) is 5.56 Å². The molecule has 0 saturated carbocycles. The molecule has 2 aromatic rings. The van der Waals surface area contributed by atoms with Crippen LogP contribution in [0.15, 0.2) is 58.0 Å². The molecule has 122 valence electrons. The van der Waals surface area contributed by atoms with Crippen molar-refractivity contribution >= 4 is 27.9 Å². The van der Waals surface area contributed by atoms with Crippen molar-refractivity contribution in [1.82, 2.24) is 5.32 Å². The lowest BCUT2D eigenvalue weighted by molar-refractivity contribution is 0.0967. The van der Waals surface area contributed by atoms with Gasteiger partial charge in [0.15, 0.2) is 0 Å². The molecule has 24 heavy (non-hydrogen) atoms. The van der Waals surface area contributed by atoms with Crippen LogP contribution in [0.2, 0.25) is 0 Å². The number of ether oxygens (including phenoxy) is 1. The summed E-state index contributed by atoms with van der Waals surface area (Å²) in [6, 6.07) is 14.7. The Bertz CT molecular complexity index is 902. The topological polar surface area (TPSA) is 50.7 Å². The fraction of sp³-hybridized carbons (Fsp3) is 0.263. The molecule has 2 aliphatic rings. The van der Waals surface area contributed by atoms with Crippen LogP contribution in [0.5, 0.6) is 0 Å². The number of hydrogen-bond acceptors (Lipinski definition) is 3. The summed E-state index contributed by atoms with van der Waals surface area (Å²) in [6.45, 7) is -1.99. The molecule has 1 heterocycles. The number of benzene rings is 2. The van der Waals surface area contributed by atoms with Crippen molar-refractivity contribution < 1.29 is 12.3 Å². The minimum Gasteiger partial charge on any atom is -0.462 e. The van der Waals surface area contributed by atoms with Gasteiger partial charge in [-0.25, -0.2) is 4.99 Å². The second kappa shape index (κ2) is 6.06. The van der Waals surface area contributed by atoms with Crippen molar-refractivity contribution in [2.24, 2.45) is 4.99 Å². The summed E-state index contributed by atoms with van der Waals surface area (Å²) in [5.41, 5.74) is 1.67. The Morgan fingerprint density at radius 3 is 2.92 bits per heavy atom. The van der Waals surface area contributed by atoms with Crippen molar-refractivity contribution in [3.8, 4) is 0 Å². The number of fused-ring (bicyclic) bond motifs is 1. The standard InChI is InChI=1S/C19H17BrN2O2/c20-16-8-4-7-13-9-10-19(11-15(13)16)12-24-18(22-19)21-17(23)14-5-2-1-3-6-14/h1-8H,9-12H2,(H,21,22,23)/t19-/m0/s1/i12D2. The van der Waals surface area contributed by atoms with Gasteiger partial charge in [0.2, 0.25) is 0 Å². The molecule has 4 rings (SSSR count). The van der Waals surface area contributed by atoms with Crippen LogP contribution in [0, 0.1) is 0 Å². The van der Waals surface area contributed by atoms with E-state index < -0.39 is 12.1 Å². The second-order valence-electron chi connectivity index (χ2n) is 6.03. The molecule has 2 aromatic carbocycles. The van der Waals surface area contributed by atoms with Crippen LogP contribution in [-0.4, -0.2) is 24.0 Å². The molecule has 1 aliphatic heterocycles. The summed E-state index contributed by atoms with van der Waals surface area (Å²) in [4.78, 5) is 16.8. The summed E-state index contributed by atoms with van der Waals surface area (Å²) >= 11 is 3.55. The minimum absolute atomic E-state index is 0.0562. The third kappa shape index (κ3) is 2.84. The van der Waals surface area contributed by atoms with Gasteiger partial charge in [-0.15, -0.1) is 0 Å². The van der Waals surface area contributed by atoms with Crippen LogP contribution in [0.25, 0.3) is 0 Å². The van der Waals surface area contributed by atoms with E-state index in [-0.39, 0.29) is 11.9 Å². The van der Waals surface area contributed by atoms with E-state index in [0.29, 0.717) is 24.8 Å². The maximum Gasteiger partial charge on any atom is 0.292 e. The van der Waals surface area contributed by atoms with Gasteiger partial charge in [-0.2, -0.15) is 0 Å². The number of amides is 1. The molecule has 1 spiro atoms. The fourth-order valence-electron chi connectivity index (χ4n) is 3.14. The van der Waals surface area contributed by atoms with Crippen LogP contribution >= 0.6 is 15.9 Å². The van der Waals surface area contributed by atoms with Crippen molar-refractivity contribution in [2.45, 2.75) is 24.8 Å². The highest BCUT2D eigenvalue weighted by Gasteiger charge is 2.40. The first-order valence-electron chi connectivity index (χ1n) is 8.82. The zero-order valence-corrected chi connectivity index (χ0v) is 14.5. The highest BCUT2D eigenvalue weighted by Crippen LogP contribution is 2.37. The van der Waals surface area contributed by atoms with Crippen LogP contribution < -0.4 is 5.32 Å². The number of hydrogen-bond donors (Lipinski definition) is 1. The number of amidine groups is 1. The zero-order chi connectivity index (χ0) is 18.4. The molecule has 1 amide bonds. The number of nitrogens with zero attached hydrogens (tertiary/aromatic N) is 1. The summed E-state index contributed by atoms with van der Waals surface area (Å²) in [7, 11) is 0. The number of halogens is 1. The van der Waals surface area contributed by atoms with Crippen molar-refractivity contribution in [2.75, 3.05) is 6.56 Å². The maximum atomic E-state index is 12.3. The Labute approximate surface area is 151 Å². The molecule has 0 bridgehead atoms. The number of aryl methyl sites for hydroxylation is 1. The Kier molecular flexibility index (Phi) is 3.33. The molecular formula is C19H17BrN2O2. The Hall–Kier alpha value is -2.14. The van der Waals surface area contributed by atoms with E-state index in [2.05, 4.69) is 32.3 Å². The molecule has 0 fully saturated rings. The highest BCUT2D eigenvalue weighted by molar-refractivity contribution is 9.10. The van der Waals surface area contributed by atoms with Crippen molar-refractivity contribution in [3.63, 3.8) is 0 Å². The first-order valence-corrected chi connectivity index (χ1v) is 8.61. The number of carbonyl (C=O) groups excluding carboxylic acids is 1. The monoisotopic (exact) mass is 386 g/mol. The van der Waals surface area contributed by atoms with Gasteiger partial charge in [0.1, 0.15) is 12.1 Å². The van der Waals surface area contributed by atoms with Crippen molar-refractivity contribution in [3.05, 3.63) is 69.7 Å². The minimum atomic E-state index is -1.99. The lowest BCUT2D eigenvalue weighted by atomic mass is 9.79. The van der Waals surface area contributed by atoms with Crippen LogP contribution in [0.4, 0.5) is 0 Å². The first-order chi connectivity index (χ1) is 12.4. The van der Waals surface area contributed by atoms with E-state index in [4.69, 9.17) is 7.48 Å². The Balaban J connectivity index is 1.63. The molecule has 0 aromatic heterocycles. The van der Waals surface area contributed by atoms with Crippen LogP contribution in [0.3, 0.4) is 0 Å². The Morgan fingerprint density at radius 2 is 2.08 bits per heavy atom. The zero-order valence-electron chi connectivity index (χ0n) is 14.9. The number of carbonyl (C=O) groups is 1. The first kappa shape index (κ1) is 13.2. The van der Waals surface area contributed by atoms with Crippen LogP contribution in [-0.2, 0) is 17.6 Å². The van der Waals surface area contributed by atoms with Crippen molar-refractivity contribution in [1.29, 1.82) is 0 Å². The predicted molar refractivity (Wildman–Crippen MR) is 96.2 cm³/mol. The van der Waals surface area contributed by atoms with Crippen LogP contribution in [0.1, 0.15) is 30.6 Å². The fourth-order valence-corrected chi connectivity index (χ4v) is 3.68. The maximum absolute atomic E-state index is 12.3. The van der Waals surface area contributed by atoms with Gasteiger partial charge in [-0.1, -0.05) is 46.3 Å². The van der Waals surface area contributed by atoms with Gasteiger partial charge in [0, 0.05) is 16.5 Å². The average Bonchev–Trinajstić information content (AvgIpc) is 2.86. The molecular weight excluding hydrogens is 368 g/mol. The molecule has 5 heteroatoms. The second-order valence-corrected chi connectivity index (χ2v) is 6.88. The third-order valence-corrected chi connectivity index (χ3v) is 5.15. The van der Waals surface area contributed by atoms with E-state index in [0.717, 1.165) is 10.0 Å². The average molecular weight is 387 g/mol. The molecule has 0 radical (unpaired) electrons. The molecule has 1 aliphatic carbocycles.